The molecule has 0 spiro atoms. The summed E-state index contributed by atoms with van der Waals surface area (Å²) in [6.07, 6.45) is 0.983. The summed E-state index contributed by atoms with van der Waals surface area (Å²) in [4.78, 5) is 26.1. The van der Waals surface area contributed by atoms with E-state index < -0.39 is 11.8 Å². The van der Waals surface area contributed by atoms with Crippen LogP contribution in [0.15, 0.2) is 0 Å². The fourth-order valence-corrected chi connectivity index (χ4v) is 1.68. The Kier molecular flexibility index (Phi) is 4.29. The Bertz CT molecular complexity index is 280. The molecule has 0 aromatic heterocycles. The number of likely N-dealkylation sites (N-methyl/N-ethyl adjacent to an activating group) is 1. The van der Waals surface area contributed by atoms with Crippen LogP contribution in [0.2, 0.25) is 0 Å². The van der Waals surface area contributed by atoms with Gasteiger partial charge in [-0.25, -0.2) is 0 Å². The fraction of sp³-hybridized carbons (Fsp3) is 0.818. The molecule has 1 saturated heterocycles. The molecular weight excluding hydrogens is 206 g/mol. The molecule has 1 rings (SSSR count). The second-order valence-corrected chi connectivity index (χ2v) is 4.53. The van der Waals surface area contributed by atoms with Crippen LogP contribution in [0.4, 0.5) is 0 Å². The monoisotopic (exact) mass is 227 g/mol. The largest absolute Gasteiger partial charge is 0.336 e. The smallest absolute Gasteiger partial charge is 0.312 e. The molecule has 2 atom stereocenters. The highest BCUT2D eigenvalue weighted by molar-refractivity contribution is 6.35. The number of nitrogens with zero attached hydrogens (tertiary/aromatic N) is 2. The van der Waals surface area contributed by atoms with Gasteiger partial charge in [-0.15, -0.1) is 0 Å². The Morgan fingerprint density at radius 1 is 1.31 bits per heavy atom. The maximum absolute atomic E-state index is 11.7. The van der Waals surface area contributed by atoms with Crippen molar-refractivity contribution in [3.05, 3.63) is 0 Å². The molecule has 1 heterocycles. The molecule has 0 aliphatic carbocycles. The van der Waals surface area contributed by atoms with E-state index in [2.05, 4.69) is 13.8 Å². The Morgan fingerprint density at radius 3 is 2.50 bits per heavy atom. The number of hydrogen-bond acceptors (Lipinski definition) is 3. The third-order valence-corrected chi connectivity index (χ3v) is 3.33. The molecule has 0 radical (unpaired) electrons. The first-order valence-electron chi connectivity index (χ1n) is 5.77. The average Bonchev–Trinajstić information content (AvgIpc) is 2.28. The van der Waals surface area contributed by atoms with E-state index in [1.807, 2.05) is 0 Å². The van der Waals surface area contributed by atoms with Gasteiger partial charge in [-0.05, 0) is 5.92 Å². The predicted octanol–water partition coefficient (Wildman–Crippen LogP) is -0.340. The molecular formula is C11H21N3O2. The second kappa shape index (κ2) is 5.30. The van der Waals surface area contributed by atoms with Gasteiger partial charge in [0.1, 0.15) is 0 Å². The normalized spacial score (nSPS) is 21.2. The molecule has 5 heteroatoms. The van der Waals surface area contributed by atoms with Gasteiger partial charge in [0.05, 0.1) is 0 Å². The van der Waals surface area contributed by atoms with Crippen LogP contribution in [0.5, 0.6) is 0 Å². The van der Waals surface area contributed by atoms with Crippen LogP contribution < -0.4 is 5.73 Å². The van der Waals surface area contributed by atoms with Crippen LogP contribution in [0, 0.1) is 5.92 Å². The van der Waals surface area contributed by atoms with E-state index >= 15 is 0 Å². The zero-order valence-corrected chi connectivity index (χ0v) is 10.3. The lowest BCUT2D eigenvalue weighted by molar-refractivity contribution is -0.155. The summed E-state index contributed by atoms with van der Waals surface area (Å²) in [5, 5.41) is 0. The van der Waals surface area contributed by atoms with Crippen LogP contribution in [0.1, 0.15) is 20.3 Å². The van der Waals surface area contributed by atoms with Gasteiger partial charge in [0, 0.05) is 32.7 Å². The highest BCUT2D eigenvalue weighted by Gasteiger charge is 2.31. The molecule has 2 N–H and O–H groups in total. The average molecular weight is 227 g/mol. The predicted molar refractivity (Wildman–Crippen MR) is 61.6 cm³/mol. The first-order valence-corrected chi connectivity index (χ1v) is 5.77. The summed E-state index contributed by atoms with van der Waals surface area (Å²) in [6.45, 7) is 5.80. The number of hydrogen-bond donors (Lipinski definition) is 1. The number of carbonyl (C=O) groups excluding carboxylic acids is 2. The minimum absolute atomic E-state index is 0.0508. The molecule has 1 aliphatic heterocycles. The molecule has 0 bridgehead atoms. The Balaban J connectivity index is 2.55. The fourth-order valence-electron chi connectivity index (χ4n) is 1.68. The van der Waals surface area contributed by atoms with Gasteiger partial charge in [-0.1, -0.05) is 20.3 Å². The van der Waals surface area contributed by atoms with Crippen molar-refractivity contribution in [2.45, 2.75) is 26.3 Å². The molecule has 1 aliphatic rings. The third kappa shape index (κ3) is 2.72. The Morgan fingerprint density at radius 2 is 1.94 bits per heavy atom. The lowest BCUT2D eigenvalue weighted by atomic mass is 9.99. The van der Waals surface area contributed by atoms with Crippen molar-refractivity contribution in [1.82, 2.24) is 9.80 Å². The minimum Gasteiger partial charge on any atom is -0.336 e. The SMILES string of the molecule is CCC(C)C(N)CN1CCN(C)C(=O)C1=O. The lowest BCUT2D eigenvalue weighted by Gasteiger charge is -2.34. The summed E-state index contributed by atoms with van der Waals surface area (Å²) >= 11 is 0. The third-order valence-electron chi connectivity index (χ3n) is 3.33. The summed E-state index contributed by atoms with van der Waals surface area (Å²) in [5.41, 5.74) is 5.98. The number of rotatable bonds is 4. The number of nitrogens with two attached hydrogens (primary N) is 1. The van der Waals surface area contributed by atoms with E-state index in [0.717, 1.165) is 6.42 Å². The van der Waals surface area contributed by atoms with E-state index in [-0.39, 0.29) is 6.04 Å². The molecule has 0 aromatic carbocycles. The summed E-state index contributed by atoms with van der Waals surface area (Å²) in [7, 11) is 1.65. The van der Waals surface area contributed by atoms with Crippen molar-refractivity contribution in [2.75, 3.05) is 26.7 Å². The zero-order chi connectivity index (χ0) is 12.3. The van der Waals surface area contributed by atoms with Crippen LogP contribution in [0.3, 0.4) is 0 Å². The van der Waals surface area contributed by atoms with Gasteiger partial charge in [0.15, 0.2) is 0 Å². The maximum atomic E-state index is 11.7. The van der Waals surface area contributed by atoms with Gasteiger partial charge in [0.2, 0.25) is 0 Å². The quantitative estimate of drug-likeness (QED) is 0.668. The van der Waals surface area contributed by atoms with Crippen LogP contribution >= 0.6 is 0 Å². The summed E-state index contributed by atoms with van der Waals surface area (Å²) < 4.78 is 0. The standard InChI is InChI=1S/C11H21N3O2/c1-4-8(2)9(12)7-14-6-5-13(3)10(15)11(14)16/h8-9H,4-7,12H2,1-3H3. The van der Waals surface area contributed by atoms with E-state index in [1.165, 1.54) is 4.90 Å². The van der Waals surface area contributed by atoms with Crippen molar-refractivity contribution in [2.24, 2.45) is 11.7 Å². The first-order chi connectivity index (χ1) is 7.47. The molecule has 2 amide bonds. The minimum atomic E-state index is -0.428. The second-order valence-electron chi connectivity index (χ2n) is 4.53. The molecule has 92 valence electrons. The van der Waals surface area contributed by atoms with Gasteiger partial charge < -0.3 is 15.5 Å². The first kappa shape index (κ1) is 13.0. The Labute approximate surface area is 96.6 Å². The summed E-state index contributed by atoms with van der Waals surface area (Å²) in [5.74, 6) is -0.488. The van der Waals surface area contributed by atoms with E-state index in [1.54, 1.807) is 11.9 Å². The van der Waals surface area contributed by atoms with Crippen molar-refractivity contribution >= 4 is 11.8 Å². The van der Waals surface area contributed by atoms with Crippen molar-refractivity contribution in [3.63, 3.8) is 0 Å². The van der Waals surface area contributed by atoms with Crippen molar-refractivity contribution in [1.29, 1.82) is 0 Å². The zero-order valence-electron chi connectivity index (χ0n) is 10.3. The number of piperazine rings is 1. The number of amides is 2. The van der Waals surface area contributed by atoms with Crippen molar-refractivity contribution < 1.29 is 9.59 Å². The molecule has 0 saturated carbocycles. The van der Waals surface area contributed by atoms with Gasteiger partial charge >= 0.3 is 11.8 Å². The number of carbonyl (C=O) groups is 2. The van der Waals surface area contributed by atoms with Gasteiger partial charge in [0.25, 0.3) is 0 Å². The summed E-state index contributed by atoms with van der Waals surface area (Å²) in [6, 6.07) is -0.0508. The van der Waals surface area contributed by atoms with E-state index in [9.17, 15) is 9.59 Å². The van der Waals surface area contributed by atoms with E-state index in [4.69, 9.17) is 5.73 Å². The molecule has 16 heavy (non-hydrogen) atoms. The molecule has 1 fully saturated rings. The molecule has 0 aromatic rings. The maximum Gasteiger partial charge on any atom is 0.312 e. The Hall–Kier alpha value is -1.10. The van der Waals surface area contributed by atoms with Gasteiger partial charge in [-0.3, -0.25) is 9.59 Å². The molecule has 2 unspecified atom stereocenters. The van der Waals surface area contributed by atoms with Crippen LogP contribution in [-0.2, 0) is 9.59 Å². The van der Waals surface area contributed by atoms with Crippen LogP contribution in [-0.4, -0.2) is 54.3 Å². The highest BCUT2D eigenvalue weighted by Crippen LogP contribution is 2.09. The topological polar surface area (TPSA) is 66.6 Å². The van der Waals surface area contributed by atoms with Gasteiger partial charge in [-0.2, -0.15) is 0 Å². The lowest BCUT2D eigenvalue weighted by Crippen LogP contribution is -2.56. The van der Waals surface area contributed by atoms with Crippen LogP contribution in [0.25, 0.3) is 0 Å². The van der Waals surface area contributed by atoms with Crippen molar-refractivity contribution in [3.8, 4) is 0 Å². The molecule has 5 nitrogen and oxygen atoms in total. The van der Waals surface area contributed by atoms with E-state index in [0.29, 0.717) is 25.6 Å². The highest BCUT2D eigenvalue weighted by atomic mass is 16.2.